The fraction of sp³-hybridized carbons (Fsp3) is 0.100. The van der Waals surface area contributed by atoms with Crippen LogP contribution in [0.1, 0.15) is 10.4 Å². The Labute approximate surface area is 94.4 Å². The molecule has 0 spiro atoms. The Morgan fingerprint density at radius 1 is 1.27 bits per heavy atom. The van der Waals surface area contributed by atoms with Crippen LogP contribution in [0.2, 0.25) is 0 Å². The summed E-state index contributed by atoms with van der Waals surface area (Å²) in [4.78, 5) is 33.4. The van der Waals surface area contributed by atoms with Gasteiger partial charge in [-0.2, -0.15) is 0 Å². The molecule has 0 heterocycles. The lowest BCUT2D eigenvalue weighted by atomic mass is 10.1. The second-order valence-electron chi connectivity index (χ2n) is 2.66. The lowest BCUT2D eigenvalue weighted by Crippen LogP contribution is -2.25. The Morgan fingerprint density at radius 2 is 1.93 bits per heavy atom. The van der Waals surface area contributed by atoms with Crippen LogP contribution in [-0.4, -0.2) is 24.6 Å². The van der Waals surface area contributed by atoms with E-state index in [1.165, 1.54) is 12.1 Å². The van der Waals surface area contributed by atoms with E-state index in [2.05, 4.69) is 20.7 Å². The molecule has 0 amide bonds. The first kappa shape index (κ1) is 11.6. The van der Waals surface area contributed by atoms with E-state index >= 15 is 0 Å². The highest BCUT2D eigenvalue weighted by atomic mass is 79.9. The topological polar surface area (TPSA) is 60.4 Å². The van der Waals surface area contributed by atoms with Crippen LogP contribution >= 0.6 is 15.9 Å². The highest BCUT2D eigenvalue weighted by Crippen LogP contribution is 2.12. The van der Waals surface area contributed by atoms with Crippen LogP contribution in [0.25, 0.3) is 0 Å². The summed E-state index contributed by atoms with van der Waals surface area (Å²) in [7, 11) is 1.05. The highest BCUT2D eigenvalue weighted by molar-refractivity contribution is 9.10. The second kappa shape index (κ2) is 4.84. The van der Waals surface area contributed by atoms with E-state index in [1.54, 1.807) is 12.1 Å². The molecule has 15 heavy (non-hydrogen) atoms. The third kappa shape index (κ3) is 2.73. The molecule has 0 fully saturated rings. The second-order valence-corrected chi connectivity index (χ2v) is 3.58. The van der Waals surface area contributed by atoms with Crippen LogP contribution < -0.4 is 0 Å². The molecule has 1 rings (SSSR count). The van der Waals surface area contributed by atoms with Crippen LogP contribution in [0.15, 0.2) is 28.7 Å². The van der Waals surface area contributed by atoms with Crippen molar-refractivity contribution >= 4 is 33.5 Å². The molecule has 0 saturated carbocycles. The summed E-state index contributed by atoms with van der Waals surface area (Å²) in [6.45, 7) is 0. The molecule has 1 aromatic rings. The van der Waals surface area contributed by atoms with E-state index in [1.807, 2.05) is 0 Å². The van der Waals surface area contributed by atoms with Crippen molar-refractivity contribution in [3.05, 3.63) is 34.3 Å². The number of carbonyl (C=O) groups is 3. The number of ketones is 2. The summed E-state index contributed by atoms with van der Waals surface area (Å²) in [6.07, 6.45) is 0. The molecular formula is C10H7BrO4. The average molecular weight is 271 g/mol. The van der Waals surface area contributed by atoms with Gasteiger partial charge in [-0.25, -0.2) is 4.79 Å². The quantitative estimate of drug-likeness (QED) is 0.360. The Hall–Kier alpha value is -1.49. The van der Waals surface area contributed by atoms with Gasteiger partial charge in [-0.05, 0) is 12.1 Å². The molecule has 0 N–H and O–H groups in total. The Balaban J connectivity index is 2.95. The molecule has 0 atom stereocenters. The summed E-state index contributed by atoms with van der Waals surface area (Å²) < 4.78 is 4.82. The first-order valence-corrected chi connectivity index (χ1v) is 4.78. The van der Waals surface area contributed by atoms with Crippen LogP contribution in [-0.2, 0) is 14.3 Å². The Morgan fingerprint density at radius 3 is 2.47 bits per heavy atom. The summed E-state index contributed by atoms with van der Waals surface area (Å²) >= 11 is 3.15. The van der Waals surface area contributed by atoms with Crippen molar-refractivity contribution < 1.29 is 19.1 Å². The van der Waals surface area contributed by atoms with Gasteiger partial charge in [-0.15, -0.1) is 0 Å². The van der Waals surface area contributed by atoms with Gasteiger partial charge in [0.1, 0.15) is 0 Å². The number of hydrogen-bond acceptors (Lipinski definition) is 4. The zero-order valence-corrected chi connectivity index (χ0v) is 9.41. The van der Waals surface area contributed by atoms with Gasteiger partial charge in [0.05, 0.1) is 7.11 Å². The molecule has 5 heteroatoms. The fourth-order valence-electron chi connectivity index (χ4n) is 0.946. The lowest BCUT2D eigenvalue weighted by Gasteiger charge is -1.99. The maximum Gasteiger partial charge on any atom is 0.383 e. The number of hydrogen-bond donors (Lipinski definition) is 0. The van der Waals surface area contributed by atoms with E-state index in [0.717, 1.165) is 7.11 Å². The van der Waals surface area contributed by atoms with Gasteiger partial charge in [-0.1, -0.05) is 28.1 Å². The summed E-state index contributed by atoms with van der Waals surface area (Å²) in [5.41, 5.74) is 0.153. The highest BCUT2D eigenvalue weighted by Gasteiger charge is 2.24. The number of carbonyl (C=O) groups excluding carboxylic acids is 3. The van der Waals surface area contributed by atoms with Crippen molar-refractivity contribution in [3.8, 4) is 0 Å². The molecule has 1 aromatic carbocycles. The minimum Gasteiger partial charge on any atom is -0.463 e. The Kier molecular flexibility index (Phi) is 3.74. The smallest absolute Gasteiger partial charge is 0.383 e. The summed E-state index contributed by atoms with van der Waals surface area (Å²) in [5, 5.41) is 0. The number of esters is 1. The SMILES string of the molecule is COC(=O)C(=O)C(=O)c1cccc(Br)c1. The minimum atomic E-state index is -1.17. The van der Waals surface area contributed by atoms with Gasteiger partial charge in [0.2, 0.25) is 5.78 Å². The van der Waals surface area contributed by atoms with Crippen molar-refractivity contribution in [2.45, 2.75) is 0 Å². The lowest BCUT2D eigenvalue weighted by molar-refractivity contribution is -0.149. The van der Waals surface area contributed by atoms with Gasteiger partial charge in [-0.3, -0.25) is 9.59 Å². The number of ether oxygens (including phenoxy) is 1. The third-order valence-electron chi connectivity index (χ3n) is 1.66. The van der Waals surface area contributed by atoms with Gasteiger partial charge in [0.25, 0.3) is 0 Å². The van der Waals surface area contributed by atoms with Crippen molar-refractivity contribution in [3.63, 3.8) is 0 Å². The van der Waals surface area contributed by atoms with Crippen molar-refractivity contribution in [1.82, 2.24) is 0 Å². The zero-order valence-electron chi connectivity index (χ0n) is 7.82. The summed E-state index contributed by atoms with van der Waals surface area (Å²) in [5.74, 6) is -3.20. The number of benzene rings is 1. The van der Waals surface area contributed by atoms with Crippen LogP contribution in [0.5, 0.6) is 0 Å². The number of halogens is 1. The largest absolute Gasteiger partial charge is 0.463 e. The first-order chi connectivity index (χ1) is 7.06. The molecule has 78 valence electrons. The van der Waals surface area contributed by atoms with E-state index in [4.69, 9.17) is 0 Å². The first-order valence-electron chi connectivity index (χ1n) is 3.99. The van der Waals surface area contributed by atoms with E-state index in [9.17, 15) is 14.4 Å². The van der Waals surface area contributed by atoms with Gasteiger partial charge in [0.15, 0.2) is 0 Å². The molecule has 0 aromatic heterocycles. The standard InChI is InChI=1S/C10H7BrO4/c1-15-10(14)9(13)8(12)6-3-2-4-7(11)5-6/h2-5H,1H3. The van der Waals surface area contributed by atoms with E-state index in [0.29, 0.717) is 4.47 Å². The third-order valence-corrected chi connectivity index (χ3v) is 2.16. The maximum atomic E-state index is 11.4. The molecule has 0 aliphatic rings. The fourth-order valence-corrected chi connectivity index (χ4v) is 1.35. The van der Waals surface area contributed by atoms with Crippen LogP contribution in [0.3, 0.4) is 0 Å². The molecule has 0 unspecified atom stereocenters. The molecule has 0 aliphatic carbocycles. The Bertz CT molecular complexity index is 425. The molecule has 0 saturated heterocycles. The van der Waals surface area contributed by atoms with Crippen molar-refractivity contribution in [1.29, 1.82) is 0 Å². The predicted molar refractivity (Wildman–Crippen MR) is 55.5 cm³/mol. The summed E-state index contributed by atoms with van der Waals surface area (Å²) in [6, 6.07) is 6.22. The monoisotopic (exact) mass is 270 g/mol. The van der Waals surface area contributed by atoms with Crippen LogP contribution in [0, 0.1) is 0 Å². The number of Topliss-reactive ketones (excluding diaryl/α,β-unsaturated/α-hetero) is 2. The van der Waals surface area contributed by atoms with Crippen molar-refractivity contribution in [2.75, 3.05) is 7.11 Å². The number of methoxy groups -OCH3 is 1. The van der Waals surface area contributed by atoms with E-state index < -0.39 is 17.5 Å². The van der Waals surface area contributed by atoms with Gasteiger partial charge in [0, 0.05) is 10.0 Å². The minimum absolute atomic E-state index is 0.153. The molecule has 0 radical (unpaired) electrons. The van der Waals surface area contributed by atoms with Gasteiger partial charge < -0.3 is 4.74 Å². The number of rotatable bonds is 3. The van der Waals surface area contributed by atoms with Gasteiger partial charge >= 0.3 is 11.8 Å². The average Bonchev–Trinajstić information content (AvgIpc) is 2.26. The zero-order chi connectivity index (χ0) is 11.4. The van der Waals surface area contributed by atoms with Crippen LogP contribution in [0.4, 0.5) is 0 Å². The van der Waals surface area contributed by atoms with Crippen molar-refractivity contribution in [2.24, 2.45) is 0 Å². The molecule has 4 nitrogen and oxygen atoms in total. The molecule has 0 bridgehead atoms. The predicted octanol–water partition coefficient (Wildman–Crippen LogP) is 1.37. The maximum absolute atomic E-state index is 11.4. The molecular weight excluding hydrogens is 264 g/mol. The molecule has 0 aliphatic heterocycles. The van der Waals surface area contributed by atoms with E-state index in [-0.39, 0.29) is 5.56 Å². The normalized spacial score (nSPS) is 9.47.